The van der Waals surface area contributed by atoms with Gasteiger partial charge in [-0.05, 0) is 31.7 Å². The summed E-state index contributed by atoms with van der Waals surface area (Å²) in [6, 6.07) is -2.23. The van der Waals surface area contributed by atoms with E-state index in [0.29, 0.717) is 6.04 Å². The lowest BCUT2D eigenvalue weighted by Crippen LogP contribution is -2.26. The van der Waals surface area contributed by atoms with E-state index in [-0.39, 0.29) is 12.3 Å². The average Bonchev–Trinajstić information content (AvgIpc) is 2.49. The summed E-state index contributed by atoms with van der Waals surface area (Å²) in [5.74, 6) is -2.04. The summed E-state index contributed by atoms with van der Waals surface area (Å²) in [7, 11) is 2.49. The lowest BCUT2D eigenvalue weighted by molar-refractivity contribution is -0.158. The molecular weight excluding hydrogens is 379 g/mol. The van der Waals surface area contributed by atoms with Gasteiger partial charge in [-0.2, -0.15) is 0 Å². The van der Waals surface area contributed by atoms with Gasteiger partial charge in [0.05, 0.1) is 14.2 Å². The highest BCUT2D eigenvalue weighted by Crippen LogP contribution is 2.35. The van der Waals surface area contributed by atoms with Crippen LogP contribution in [0.25, 0.3) is 0 Å². The normalized spacial score (nSPS) is 13.8. The number of carbonyl (C=O) groups is 2. The molecule has 0 aliphatic rings. The molecule has 0 heterocycles. The van der Waals surface area contributed by atoms with Crippen molar-refractivity contribution in [2.45, 2.75) is 45.6 Å². The molecule has 0 N–H and O–H groups in total. The molecule has 134 valence electrons. The first-order valence-corrected chi connectivity index (χ1v) is 12.8. The molecule has 0 saturated carbocycles. The van der Waals surface area contributed by atoms with Crippen LogP contribution in [0.2, 0.25) is 6.04 Å². The predicted octanol–water partition coefficient (Wildman–Crippen LogP) is 4.75. The summed E-state index contributed by atoms with van der Waals surface area (Å²) >= 11 is 18.2. The number of hydrogen-bond acceptors (Lipinski definition) is 4. The fourth-order valence-electron chi connectivity index (χ4n) is 2.26. The Balaban J connectivity index is 5.07. The molecule has 1 unspecified atom stereocenters. The third-order valence-electron chi connectivity index (χ3n) is 3.67. The molecule has 0 radical (unpaired) electrons. The minimum Gasteiger partial charge on any atom is -0.468 e. The molecule has 0 fully saturated rings. The van der Waals surface area contributed by atoms with Gasteiger partial charge in [-0.3, -0.25) is 9.59 Å². The molecule has 0 aliphatic heterocycles. The van der Waals surface area contributed by atoms with Gasteiger partial charge in [-0.15, -0.1) is 33.2 Å². The first-order chi connectivity index (χ1) is 10.7. The van der Waals surface area contributed by atoms with E-state index in [1.54, 1.807) is 0 Å². The second-order valence-corrected chi connectivity index (χ2v) is 14.6. The Morgan fingerprint density at radius 2 is 1.65 bits per heavy atom. The Kier molecular flexibility index (Phi) is 11.2. The minimum absolute atomic E-state index is 0.144. The molecule has 0 amide bonds. The van der Waals surface area contributed by atoms with Crippen LogP contribution in [0.1, 0.15) is 39.5 Å². The van der Waals surface area contributed by atoms with Crippen LogP contribution in [-0.2, 0) is 19.1 Å². The van der Waals surface area contributed by atoms with Crippen LogP contribution < -0.4 is 0 Å². The summed E-state index contributed by atoms with van der Waals surface area (Å²) < 4.78 is 9.30. The quantitative estimate of drug-likeness (QED) is 0.174. The topological polar surface area (TPSA) is 52.6 Å². The van der Waals surface area contributed by atoms with Gasteiger partial charge in [0.15, 0.2) is 5.92 Å². The summed E-state index contributed by atoms with van der Waals surface area (Å²) in [5, 5.41) is 0. The molecule has 4 nitrogen and oxygen atoms in total. The molecule has 0 aliphatic carbocycles. The van der Waals surface area contributed by atoms with Crippen molar-refractivity contribution in [3.8, 4) is 0 Å². The van der Waals surface area contributed by atoms with Crippen LogP contribution in [-0.4, -0.2) is 32.2 Å². The number of halogens is 3. The first kappa shape index (κ1) is 22.8. The van der Waals surface area contributed by atoms with Crippen LogP contribution >= 0.6 is 33.2 Å². The van der Waals surface area contributed by atoms with E-state index in [1.807, 2.05) is 13.0 Å². The zero-order chi connectivity index (χ0) is 18.0. The molecule has 23 heavy (non-hydrogen) atoms. The Bertz CT molecular complexity index is 405. The second kappa shape index (κ2) is 11.3. The SMILES string of the molecule is CCCCC(C[Si](Cl)(Cl)Cl)/C(C)=C/CC(C(=O)OC)C(=O)OC. The van der Waals surface area contributed by atoms with Crippen molar-refractivity contribution < 1.29 is 19.1 Å². The van der Waals surface area contributed by atoms with Gasteiger partial charge < -0.3 is 9.47 Å². The minimum atomic E-state index is -2.75. The Morgan fingerprint density at radius 3 is 2.04 bits per heavy atom. The van der Waals surface area contributed by atoms with E-state index < -0.39 is 23.9 Å². The number of methoxy groups -OCH3 is 2. The van der Waals surface area contributed by atoms with E-state index >= 15 is 0 Å². The number of unbranched alkanes of at least 4 members (excludes halogenated alkanes) is 1. The van der Waals surface area contributed by atoms with E-state index in [2.05, 4.69) is 16.4 Å². The number of rotatable bonds is 10. The Hall–Kier alpha value is -0.233. The van der Waals surface area contributed by atoms with Gasteiger partial charge in [-0.1, -0.05) is 31.4 Å². The molecule has 1 atom stereocenters. The average molecular weight is 404 g/mol. The smallest absolute Gasteiger partial charge is 0.342 e. The highest BCUT2D eigenvalue weighted by molar-refractivity contribution is 7.64. The van der Waals surface area contributed by atoms with Crippen LogP contribution in [0.4, 0.5) is 0 Å². The van der Waals surface area contributed by atoms with Crippen molar-refractivity contribution in [3.63, 3.8) is 0 Å². The second-order valence-electron chi connectivity index (χ2n) is 5.44. The number of allylic oxidation sites excluding steroid dienone is 2. The number of esters is 2. The largest absolute Gasteiger partial charge is 0.468 e. The fraction of sp³-hybridized carbons (Fsp3) is 0.733. The van der Waals surface area contributed by atoms with Gasteiger partial charge in [0.2, 0.25) is 0 Å². The number of carbonyl (C=O) groups excluding carboxylic acids is 2. The molecular formula is C15H25Cl3O4Si. The summed E-state index contributed by atoms with van der Waals surface area (Å²) in [5.41, 5.74) is 1.02. The molecule has 0 aromatic heterocycles. The van der Waals surface area contributed by atoms with Gasteiger partial charge >= 0.3 is 17.9 Å². The van der Waals surface area contributed by atoms with Crippen LogP contribution in [0.5, 0.6) is 0 Å². The van der Waals surface area contributed by atoms with Crippen LogP contribution in [0.3, 0.4) is 0 Å². The molecule has 0 rings (SSSR count). The Morgan fingerprint density at radius 1 is 1.13 bits per heavy atom. The zero-order valence-electron chi connectivity index (χ0n) is 14.0. The van der Waals surface area contributed by atoms with Crippen LogP contribution in [0, 0.1) is 11.8 Å². The third kappa shape index (κ3) is 9.60. The highest BCUT2D eigenvalue weighted by atomic mass is 35.8. The van der Waals surface area contributed by atoms with Gasteiger partial charge in [0, 0.05) is 0 Å². The van der Waals surface area contributed by atoms with Crippen LogP contribution in [0.15, 0.2) is 11.6 Å². The lowest BCUT2D eigenvalue weighted by Gasteiger charge is -2.21. The number of ether oxygens (including phenoxy) is 2. The first-order valence-electron chi connectivity index (χ1n) is 7.55. The Labute approximate surface area is 153 Å². The van der Waals surface area contributed by atoms with Gasteiger partial charge in [0.1, 0.15) is 0 Å². The van der Waals surface area contributed by atoms with Crippen molar-refractivity contribution in [2.75, 3.05) is 14.2 Å². The fourth-order valence-corrected chi connectivity index (χ4v) is 5.03. The maximum absolute atomic E-state index is 11.7. The standard InChI is InChI=1S/C15H25Cl3O4Si/c1-5-6-7-12(10-23(16,17)18)11(2)8-9-13(14(19)21-3)15(20)22-4/h8,12-13H,5-7,9-10H2,1-4H3/b11-8+. The summed E-state index contributed by atoms with van der Waals surface area (Å²) in [6.45, 7) is 4.05. The van der Waals surface area contributed by atoms with Crippen molar-refractivity contribution in [1.29, 1.82) is 0 Å². The van der Waals surface area contributed by atoms with E-state index in [4.69, 9.17) is 33.2 Å². The van der Waals surface area contributed by atoms with Crippen molar-refractivity contribution in [1.82, 2.24) is 0 Å². The maximum Gasteiger partial charge on any atom is 0.342 e. The van der Waals surface area contributed by atoms with E-state index in [9.17, 15) is 9.59 Å². The van der Waals surface area contributed by atoms with E-state index in [0.717, 1.165) is 24.8 Å². The summed E-state index contributed by atoms with van der Waals surface area (Å²) in [6.07, 6.45) is 5.07. The monoisotopic (exact) mass is 402 g/mol. The molecule has 0 aromatic rings. The molecule has 0 aromatic carbocycles. The van der Waals surface area contributed by atoms with Crippen molar-refractivity contribution in [3.05, 3.63) is 11.6 Å². The maximum atomic E-state index is 11.7. The van der Waals surface area contributed by atoms with E-state index in [1.165, 1.54) is 14.2 Å². The predicted molar refractivity (Wildman–Crippen MR) is 97.0 cm³/mol. The highest BCUT2D eigenvalue weighted by Gasteiger charge is 2.31. The lowest BCUT2D eigenvalue weighted by atomic mass is 9.93. The molecule has 8 heteroatoms. The van der Waals surface area contributed by atoms with Crippen molar-refractivity contribution >= 4 is 51.2 Å². The van der Waals surface area contributed by atoms with Gasteiger partial charge in [0.25, 0.3) is 0 Å². The summed E-state index contributed by atoms with van der Waals surface area (Å²) in [4.78, 5) is 23.4. The third-order valence-corrected chi connectivity index (χ3v) is 6.02. The van der Waals surface area contributed by atoms with Gasteiger partial charge in [-0.25, -0.2) is 0 Å². The number of hydrogen-bond donors (Lipinski definition) is 0. The van der Waals surface area contributed by atoms with Crippen molar-refractivity contribution in [2.24, 2.45) is 11.8 Å². The molecule has 0 saturated heterocycles. The molecule has 0 spiro atoms. The molecule has 0 bridgehead atoms. The zero-order valence-corrected chi connectivity index (χ0v) is 17.3.